The van der Waals surface area contributed by atoms with Gasteiger partial charge in [-0.1, -0.05) is 53.9 Å². The normalized spacial score (nSPS) is 52.2. The lowest BCUT2D eigenvalue weighted by Crippen LogP contribution is -2.67. The van der Waals surface area contributed by atoms with Crippen LogP contribution in [0.1, 0.15) is 131 Å². The maximum atomic E-state index is 13.3. The molecule has 7 rings (SSSR count). The fourth-order valence-electron chi connectivity index (χ4n) is 13.7. The van der Waals surface area contributed by atoms with E-state index >= 15 is 0 Å². The number of epoxide rings is 1. The molecule has 0 aromatic heterocycles. The molecule has 0 aromatic carbocycles. The third-order valence-electron chi connectivity index (χ3n) is 16.4. The van der Waals surface area contributed by atoms with Gasteiger partial charge >= 0.3 is 11.9 Å². The molecule has 6 nitrogen and oxygen atoms in total. The van der Waals surface area contributed by atoms with Crippen LogP contribution in [-0.4, -0.2) is 47.1 Å². The summed E-state index contributed by atoms with van der Waals surface area (Å²) in [4.78, 5) is 26.3. The van der Waals surface area contributed by atoms with E-state index in [0.29, 0.717) is 31.0 Å². The average molecular weight is 599 g/mol. The number of fused-ring (bicyclic) bond motifs is 7. The van der Waals surface area contributed by atoms with E-state index in [9.17, 15) is 19.8 Å². The smallest absolute Gasteiger partial charge is 0.309 e. The van der Waals surface area contributed by atoms with Crippen molar-refractivity contribution in [2.24, 2.45) is 62.6 Å². The highest BCUT2D eigenvalue weighted by atomic mass is 16.6. The Labute approximate surface area is 259 Å². The molecule has 0 bridgehead atoms. The molecular formula is C37H58O6. The second-order valence-corrected chi connectivity index (χ2v) is 18.0. The van der Waals surface area contributed by atoms with Gasteiger partial charge in [-0.15, -0.1) is 0 Å². The predicted octanol–water partition coefficient (Wildman–Crippen LogP) is 7.41. The number of carbonyl (C=O) groups is 2. The molecule has 0 aromatic rings. The standard InChI is InChI=1S/C37H58O6/c1-32(2)26-14-17-35(5)27(33(26,3)16-15-28(32)38)12-11-24-29-25(13-18-36(29,31(40)41)20-19-34(24,35)4)37(22-43-37)21-42-30(39)23-9-7-6-8-10-23/h23-29,38H,6-22H2,1-5H3,(H,40,41)/t24?,25-,26?,27?,28-,29?,33+,34-,35-,36+,37?/m1/s1. The number of aliphatic carboxylic acids is 1. The van der Waals surface area contributed by atoms with E-state index in [4.69, 9.17) is 9.47 Å². The zero-order valence-electron chi connectivity index (χ0n) is 27.6. The third-order valence-corrected chi connectivity index (χ3v) is 16.4. The molecule has 7 fully saturated rings. The molecule has 242 valence electrons. The largest absolute Gasteiger partial charge is 0.481 e. The molecule has 11 atom stereocenters. The van der Waals surface area contributed by atoms with Crippen LogP contribution in [0.15, 0.2) is 0 Å². The Morgan fingerprint density at radius 1 is 0.767 bits per heavy atom. The minimum atomic E-state index is -0.692. The fraction of sp³-hybridized carbons (Fsp3) is 0.946. The van der Waals surface area contributed by atoms with Crippen LogP contribution in [0.3, 0.4) is 0 Å². The lowest BCUT2D eigenvalue weighted by Gasteiger charge is -2.72. The number of aliphatic hydroxyl groups excluding tert-OH is 1. The van der Waals surface area contributed by atoms with Crippen molar-refractivity contribution in [3.8, 4) is 0 Å². The highest BCUT2D eigenvalue weighted by Crippen LogP contribution is 2.78. The van der Waals surface area contributed by atoms with Crippen molar-refractivity contribution in [1.29, 1.82) is 0 Å². The summed E-state index contributed by atoms with van der Waals surface area (Å²) in [6, 6.07) is 0. The minimum absolute atomic E-state index is 0.0156. The molecule has 43 heavy (non-hydrogen) atoms. The van der Waals surface area contributed by atoms with Crippen LogP contribution in [0.5, 0.6) is 0 Å². The summed E-state index contributed by atoms with van der Waals surface area (Å²) in [6.07, 6.45) is 14.9. The summed E-state index contributed by atoms with van der Waals surface area (Å²) in [5.41, 5.74) is -0.863. The maximum Gasteiger partial charge on any atom is 0.309 e. The summed E-state index contributed by atoms with van der Waals surface area (Å²) >= 11 is 0. The van der Waals surface area contributed by atoms with E-state index in [1.165, 1.54) is 12.8 Å². The van der Waals surface area contributed by atoms with E-state index in [0.717, 1.165) is 83.5 Å². The highest BCUT2D eigenvalue weighted by Gasteiger charge is 2.74. The quantitative estimate of drug-likeness (QED) is 0.253. The Morgan fingerprint density at radius 3 is 2.16 bits per heavy atom. The number of hydrogen-bond acceptors (Lipinski definition) is 5. The van der Waals surface area contributed by atoms with Gasteiger partial charge in [0.15, 0.2) is 0 Å². The average Bonchev–Trinajstić information content (AvgIpc) is 3.65. The van der Waals surface area contributed by atoms with Gasteiger partial charge in [0.1, 0.15) is 12.2 Å². The highest BCUT2D eigenvalue weighted by molar-refractivity contribution is 5.76. The van der Waals surface area contributed by atoms with Gasteiger partial charge in [0.25, 0.3) is 0 Å². The van der Waals surface area contributed by atoms with E-state index in [1.54, 1.807) is 0 Å². The van der Waals surface area contributed by atoms with Crippen LogP contribution >= 0.6 is 0 Å². The molecule has 0 radical (unpaired) electrons. The number of hydrogen-bond donors (Lipinski definition) is 2. The number of aliphatic hydroxyl groups is 1. The Bertz CT molecular complexity index is 1140. The Balaban J connectivity index is 1.18. The Morgan fingerprint density at radius 2 is 1.49 bits per heavy atom. The summed E-state index contributed by atoms with van der Waals surface area (Å²) in [5, 5.41) is 21.9. The molecule has 1 heterocycles. The molecule has 2 N–H and O–H groups in total. The fourth-order valence-corrected chi connectivity index (χ4v) is 13.7. The first-order valence-corrected chi connectivity index (χ1v) is 18.0. The van der Waals surface area contributed by atoms with Crippen LogP contribution < -0.4 is 0 Å². The summed E-state index contributed by atoms with van der Waals surface area (Å²) in [5.74, 6) is 0.977. The van der Waals surface area contributed by atoms with E-state index in [2.05, 4.69) is 34.6 Å². The summed E-state index contributed by atoms with van der Waals surface area (Å²) in [6.45, 7) is 13.2. The van der Waals surface area contributed by atoms with Crippen LogP contribution in [0.25, 0.3) is 0 Å². The topological polar surface area (TPSA) is 96.4 Å². The number of ether oxygens (including phenoxy) is 2. The maximum absolute atomic E-state index is 13.3. The van der Waals surface area contributed by atoms with Gasteiger partial charge in [0.2, 0.25) is 0 Å². The first kappa shape index (κ1) is 30.5. The van der Waals surface area contributed by atoms with Crippen LogP contribution in [0.4, 0.5) is 0 Å². The van der Waals surface area contributed by atoms with Crippen molar-refractivity contribution >= 4 is 11.9 Å². The summed E-state index contributed by atoms with van der Waals surface area (Å²) < 4.78 is 12.3. The van der Waals surface area contributed by atoms with Gasteiger partial charge in [-0.2, -0.15) is 0 Å². The van der Waals surface area contributed by atoms with E-state index in [-0.39, 0.29) is 51.5 Å². The monoisotopic (exact) mass is 598 g/mol. The molecule has 6 heteroatoms. The van der Waals surface area contributed by atoms with E-state index < -0.39 is 17.0 Å². The molecule has 1 aliphatic heterocycles. The van der Waals surface area contributed by atoms with Crippen molar-refractivity contribution < 1.29 is 29.3 Å². The zero-order valence-corrected chi connectivity index (χ0v) is 27.6. The Kier molecular flexibility index (Phi) is 7.05. The first-order chi connectivity index (χ1) is 20.3. The zero-order chi connectivity index (χ0) is 30.6. The molecule has 0 spiro atoms. The van der Waals surface area contributed by atoms with Crippen LogP contribution in [0, 0.1) is 62.6 Å². The minimum Gasteiger partial charge on any atom is -0.481 e. The Hall–Kier alpha value is -1.14. The van der Waals surface area contributed by atoms with E-state index in [1.807, 2.05) is 0 Å². The number of rotatable bonds is 5. The van der Waals surface area contributed by atoms with Crippen molar-refractivity contribution in [2.45, 2.75) is 143 Å². The first-order valence-electron chi connectivity index (χ1n) is 18.0. The van der Waals surface area contributed by atoms with Gasteiger partial charge in [-0.05, 0) is 128 Å². The molecular weight excluding hydrogens is 540 g/mol. The molecule has 6 saturated carbocycles. The van der Waals surface area contributed by atoms with Crippen molar-refractivity contribution in [1.82, 2.24) is 0 Å². The van der Waals surface area contributed by atoms with Crippen molar-refractivity contribution in [3.05, 3.63) is 0 Å². The number of esters is 1. The van der Waals surface area contributed by atoms with Crippen LogP contribution in [-0.2, 0) is 19.1 Å². The second kappa shape index (κ2) is 9.93. The van der Waals surface area contributed by atoms with Gasteiger partial charge in [0.05, 0.1) is 24.0 Å². The number of carbonyl (C=O) groups excluding carboxylic acids is 1. The van der Waals surface area contributed by atoms with Gasteiger partial charge < -0.3 is 19.7 Å². The molecule has 7 aliphatic rings. The molecule has 1 saturated heterocycles. The van der Waals surface area contributed by atoms with Crippen molar-refractivity contribution in [2.75, 3.05) is 13.2 Å². The third kappa shape index (κ3) is 4.09. The second-order valence-electron chi connectivity index (χ2n) is 18.0. The lowest BCUT2D eigenvalue weighted by atomic mass is 9.32. The summed E-state index contributed by atoms with van der Waals surface area (Å²) in [7, 11) is 0. The van der Waals surface area contributed by atoms with Gasteiger partial charge in [-0.3, -0.25) is 9.59 Å². The number of carboxylic acid groups (broad SMARTS) is 1. The lowest BCUT2D eigenvalue weighted by molar-refractivity contribution is -0.250. The predicted molar refractivity (Wildman–Crippen MR) is 164 cm³/mol. The van der Waals surface area contributed by atoms with Gasteiger partial charge in [0, 0.05) is 0 Å². The molecule has 6 aliphatic carbocycles. The SMILES string of the molecule is CC1(C)C2CC[C@]3(C)C(CCC4C5[C@H](C6(COC(=O)C7CCCCC7)CO6)CC[C@]5(C(=O)O)CC[C@]43C)[C@@]2(C)CC[C@H]1O. The number of carboxylic acids is 1. The van der Waals surface area contributed by atoms with Crippen molar-refractivity contribution in [3.63, 3.8) is 0 Å². The molecule has 0 amide bonds. The molecule has 5 unspecified atom stereocenters. The van der Waals surface area contributed by atoms with Crippen LogP contribution in [0.2, 0.25) is 0 Å². The van der Waals surface area contributed by atoms with Gasteiger partial charge in [-0.25, -0.2) is 0 Å².